The minimum Gasteiger partial charge on any atom is -0.456 e. The van der Waals surface area contributed by atoms with Crippen LogP contribution in [0.3, 0.4) is 0 Å². The smallest absolute Gasteiger partial charge is 0.135 e. The van der Waals surface area contributed by atoms with Crippen LogP contribution in [-0.4, -0.2) is 0 Å². The van der Waals surface area contributed by atoms with E-state index >= 15 is 0 Å². The molecule has 0 spiro atoms. The summed E-state index contributed by atoms with van der Waals surface area (Å²) in [4.78, 5) is 2.39. The van der Waals surface area contributed by atoms with Crippen LogP contribution in [0.15, 0.2) is 120 Å². The number of benzene rings is 5. The molecule has 2 nitrogen and oxygen atoms in total. The van der Waals surface area contributed by atoms with Crippen molar-refractivity contribution in [2.24, 2.45) is 0 Å². The van der Waals surface area contributed by atoms with Gasteiger partial charge in [0, 0.05) is 33.1 Å². The highest BCUT2D eigenvalue weighted by atomic mass is 16.3. The number of rotatable bonds is 3. The van der Waals surface area contributed by atoms with E-state index in [2.05, 4.69) is 122 Å². The van der Waals surface area contributed by atoms with Gasteiger partial charge in [0.15, 0.2) is 0 Å². The monoisotopic (exact) mass is 451 g/mol. The van der Waals surface area contributed by atoms with Crippen LogP contribution in [0, 0.1) is 0 Å². The summed E-state index contributed by atoms with van der Waals surface area (Å²) in [7, 11) is 0. The molecular formula is C33H25NO. The van der Waals surface area contributed by atoms with Crippen molar-refractivity contribution in [2.45, 2.75) is 19.3 Å². The number of nitrogens with zero attached hydrogens (tertiary/aromatic N) is 1. The first-order valence-electron chi connectivity index (χ1n) is 12.1. The van der Waals surface area contributed by atoms with Gasteiger partial charge in [-0.3, -0.25) is 0 Å². The molecule has 1 aliphatic rings. The zero-order valence-corrected chi connectivity index (χ0v) is 19.8. The molecule has 168 valence electrons. The maximum absolute atomic E-state index is 6.13. The lowest BCUT2D eigenvalue weighted by atomic mass is 9.82. The second-order valence-electron chi connectivity index (χ2n) is 9.82. The lowest BCUT2D eigenvalue weighted by Crippen LogP contribution is -2.16. The standard InChI is InChI=1S/C33H25NO/c1-33(2)27-15-8-6-14-25(27)32-28(33)16-10-17-29(32)34(22-11-4-3-5-12-22)23-19-20-31-26(21-23)24-13-7-9-18-30(24)35-31/h3-21H,1-2H3. The largest absolute Gasteiger partial charge is 0.456 e. The van der Waals surface area contributed by atoms with Crippen LogP contribution >= 0.6 is 0 Å². The van der Waals surface area contributed by atoms with Gasteiger partial charge in [0.25, 0.3) is 0 Å². The zero-order valence-electron chi connectivity index (χ0n) is 19.8. The van der Waals surface area contributed by atoms with Crippen LogP contribution in [0.5, 0.6) is 0 Å². The second-order valence-corrected chi connectivity index (χ2v) is 9.82. The summed E-state index contributed by atoms with van der Waals surface area (Å²) in [5.41, 5.74) is 10.6. The van der Waals surface area contributed by atoms with Crippen LogP contribution in [0.1, 0.15) is 25.0 Å². The summed E-state index contributed by atoms with van der Waals surface area (Å²) in [5, 5.41) is 2.27. The quantitative estimate of drug-likeness (QED) is 0.266. The third kappa shape index (κ3) is 2.90. The Morgan fingerprint density at radius 1 is 0.571 bits per heavy atom. The lowest BCUT2D eigenvalue weighted by molar-refractivity contribution is 0.660. The Kier molecular flexibility index (Phi) is 4.22. The predicted molar refractivity (Wildman–Crippen MR) is 146 cm³/mol. The van der Waals surface area contributed by atoms with Crippen LogP contribution in [0.2, 0.25) is 0 Å². The van der Waals surface area contributed by atoms with Crippen molar-refractivity contribution in [3.8, 4) is 11.1 Å². The van der Waals surface area contributed by atoms with Gasteiger partial charge in [0.2, 0.25) is 0 Å². The molecule has 1 heterocycles. The number of hydrogen-bond donors (Lipinski definition) is 0. The van der Waals surface area contributed by atoms with Crippen LogP contribution in [0.4, 0.5) is 17.1 Å². The fourth-order valence-corrected chi connectivity index (χ4v) is 5.78. The van der Waals surface area contributed by atoms with Gasteiger partial charge in [-0.1, -0.05) is 86.6 Å². The summed E-state index contributed by atoms with van der Waals surface area (Å²) in [5.74, 6) is 0. The van der Waals surface area contributed by atoms with Gasteiger partial charge in [-0.25, -0.2) is 0 Å². The zero-order chi connectivity index (χ0) is 23.6. The van der Waals surface area contributed by atoms with Crippen LogP contribution in [0.25, 0.3) is 33.1 Å². The van der Waals surface area contributed by atoms with Crippen molar-refractivity contribution in [3.05, 3.63) is 126 Å². The van der Waals surface area contributed by atoms with E-state index in [0.717, 1.165) is 33.3 Å². The van der Waals surface area contributed by atoms with E-state index < -0.39 is 0 Å². The van der Waals surface area contributed by atoms with Crippen LogP contribution < -0.4 is 4.90 Å². The van der Waals surface area contributed by atoms with Crippen LogP contribution in [-0.2, 0) is 5.41 Å². The van der Waals surface area contributed by atoms with E-state index in [1.165, 1.54) is 27.9 Å². The van der Waals surface area contributed by atoms with E-state index in [-0.39, 0.29) is 5.41 Å². The van der Waals surface area contributed by atoms with Crippen molar-refractivity contribution in [2.75, 3.05) is 4.90 Å². The van der Waals surface area contributed by atoms with Gasteiger partial charge >= 0.3 is 0 Å². The third-order valence-electron chi connectivity index (χ3n) is 7.46. The Bertz CT molecular complexity index is 1730. The van der Waals surface area contributed by atoms with Gasteiger partial charge in [-0.2, -0.15) is 0 Å². The maximum Gasteiger partial charge on any atom is 0.135 e. The normalized spacial score (nSPS) is 13.7. The molecule has 0 saturated heterocycles. The molecule has 0 fully saturated rings. The SMILES string of the molecule is CC1(C)c2ccccc2-c2c(N(c3ccccc3)c3ccc4oc5ccccc5c4c3)cccc21. The van der Waals surface area contributed by atoms with Crippen molar-refractivity contribution >= 4 is 39.0 Å². The molecule has 2 heteroatoms. The first-order valence-corrected chi connectivity index (χ1v) is 12.1. The summed E-state index contributed by atoms with van der Waals surface area (Å²) >= 11 is 0. The number of hydrogen-bond acceptors (Lipinski definition) is 2. The molecular weight excluding hydrogens is 426 g/mol. The van der Waals surface area contributed by atoms with E-state index in [4.69, 9.17) is 4.42 Å². The van der Waals surface area contributed by atoms with E-state index in [1.54, 1.807) is 0 Å². The molecule has 0 atom stereocenters. The van der Waals surface area contributed by atoms with Gasteiger partial charge in [0.1, 0.15) is 11.2 Å². The highest BCUT2D eigenvalue weighted by Crippen LogP contribution is 2.54. The highest BCUT2D eigenvalue weighted by molar-refractivity contribution is 6.07. The number of anilines is 3. The van der Waals surface area contributed by atoms with E-state index in [0.29, 0.717) is 0 Å². The predicted octanol–water partition coefficient (Wildman–Crippen LogP) is 9.36. The first kappa shape index (κ1) is 20.1. The second kappa shape index (κ2) is 7.35. The summed E-state index contributed by atoms with van der Waals surface area (Å²) < 4.78 is 6.13. The Balaban J connectivity index is 1.53. The highest BCUT2D eigenvalue weighted by Gasteiger charge is 2.37. The van der Waals surface area contributed by atoms with Gasteiger partial charge in [-0.15, -0.1) is 0 Å². The minimum absolute atomic E-state index is 0.0466. The summed E-state index contributed by atoms with van der Waals surface area (Å²) in [6.45, 7) is 4.66. The Labute approximate surface area is 205 Å². The Hall–Kier alpha value is -4.30. The van der Waals surface area contributed by atoms with Gasteiger partial charge < -0.3 is 9.32 Å². The average Bonchev–Trinajstić information content (AvgIpc) is 3.38. The Morgan fingerprint density at radius 2 is 1.29 bits per heavy atom. The molecule has 0 radical (unpaired) electrons. The molecule has 1 aromatic heterocycles. The average molecular weight is 452 g/mol. The van der Waals surface area contributed by atoms with Gasteiger partial charge in [0.05, 0.1) is 5.69 Å². The van der Waals surface area contributed by atoms with Gasteiger partial charge in [-0.05, 0) is 59.2 Å². The van der Waals surface area contributed by atoms with Crippen molar-refractivity contribution in [3.63, 3.8) is 0 Å². The molecule has 0 unspecified atom stereocenters. The summed E-state index contributed by atoms with van der Waals surface area (Å²) in [6, 6.07) is 41.0. The third-order valence-corrected chi connectivity index (χ3v) is 7.46. The fraction of sp³-hybridized carbons (Fsp3) is 0.0909. The van der Waals surface area contributed by atoms with Crippen molar-refractivity contribution in [1.29, 1.82) is 0 Å². The fourth-order valence-electron chi connectivity index (χ4n) is 5.78. The molecule has 1 aliphatic carbocycles. The molecule has 6 aromatic rings. The number of para-hydroxylation sites is 2. The molecule has 0 bridgehead atoms. The molecule has 0 saturated carbocycles. The number of fused-ring (bicyclic) bond motifs is 6. The topological polar surface area (TPSA) is 16.4 Å². The van der Waals surface area contributed by atoms with Crippen molar-refractivity contribution in [1.82, 2.24) is 0 Å². The molecule has 0 N–H and O–H groups in total. The molecule has 35 heavy (non-hydrogen) atoms. The maximum atomic E-state index is 6.13. The molecule has 0 amide bonds. The number of furan rings is 1. The molecule has 0 aliphatic heterocycles. The first-order chi connectivity index (χ1) is 17.1. The van der Waals surface area contributed by atoms with E-state index in [1.807, 2.05) is 12.1 Å². The minimum atomic E-state index is -0.0466. The summed E-state index contributed by atoms with van der Waals surface area (Å²) in [6.07, 6.45) is 0. The lowest BCUT2D eigenvalue weighted by Gasteiger charge is -2.28. The van der Waals surface area contributed by atoms with Crippen molar-refractivity contribution < 1.29 is 4.42 Å². The molecule has 7 rings (SSSR count). The Morgan fingerprint density at radius 3 is 2.17 bits per heavy atom. The molecule has 5 aromatic carbocycles. The van der Waals surface area contributed by atoms with E-state index in [9.17, 15) is 0 Å².